The molecular formula is C25H23N3O3. The summed E-state index contributed by atoms with van der Waals surface area (Å²) in [4.78, 5) is 23.8. The molecule has 0 radical (unpaired) electrons. The van der Waals surface area contributed by atoms with Crippen molar-refractivity contribution in [1.29, 1.82) is 0 Å². The molecule has 2 amide bonds. The average molecular weight is 413 g/mol. The Labute approximate surface area is 180 Å². The molecule has 156 valence electrons. The van der Waals surface area contributed by atoms with E-state index in [1.807, 2.05) is 65.4 Å². The number of benzene rings is 3. The highest BCUT2D eigenvalue weighted by molar-refractivity contribution is 5.94. The molecule has 1 heterocycles. The maximum absolute atomic E-state index is 12.6. The van der Waals surface area contributed by atoms with Crippen molar-refractivity contribution in [2.24, 2.45) is 0 Å². The predicted octanol–water partition coefficient (Wildman–Crippen LogP) is 4.82. The minimum atomic E-state index is -0.160. The Morgan fingerprint density at radius 1 is 0.871 bits per heavy atom. The molecule has 6 nitrogen and oxygen atoms in total. The van der Waals surface area contributed by atoms with Gasteiger partial charge in [0.1, 0.15) is 18.9 Å². The third-order valence-electron chi connectivity index (χ3n) is 4.77. The minimum Gasteiger partial charge on any atom is -0.489 e. The van der Waals surface area contributed by atoms with Crippen LogP contribution in [0.15, 0.2) is 85.1 Å². The minimum absolute atomic E-state index is 0.159. The number of aromatic nitrogens is 1. The first-order chi connectivity index (χ1) is 15.1. The normalized spacial score (nSPS) is 10.6. The molecule has 0 bridgehead atoms. The zero-order valence-electron chi connectivity index (χ0n) is 17.2. The summed E-state index contributed by atoms with van der Waals surface area (Å²) in [6, 6.07) is 24.9. The monoisotopic (exact) mass is 413 g/mol. The van der Waals surface area contributed by atoms with Gasteiger partial charge in [0.2, 0.25) is 11.8 Å². The van der Waals surface area contributed by atoms with Crippen LogP contribution in [0.2, 0.25) is 0 Å². The van der Waals surface area contributed by atoms with Crippen molar-refractivity contribution in [3.63, 3.8) is 0 Å². The number of hydrogen-bond donors (Lipinski definition) is 2. The van der Waals surface area contributed by atoms with E-state index in [0.717, 1.165) is 22.2 Å². The predicted molar refractivity (Wildman–Crippen MR) is 122 cm³/mol. The third-order valence-corrected chi connectivity index (χ3v) is 4.77. The van der Waals surface area contributed by atoms with Crippen molar-refractivity contribution in [2.45, 2.75) is 20.1 Å². The van der Waals surface area contributed by atoms with Crippen molar-refractivity contribution in [3.05, 3.63) is 90.6 Å². The Bertz CT molecular complexity index is 1220. The molecule has 2 N–H and O–H groups in total. The number of carbonyl (C=O) groups is 2. The van der Waals surface area contributed by atoms with Crippen molar-refractivity contribution in [3.8, 4) is 5.75 Å². The zero-order valence-corrected chi connectivity index (χ0v) is 17.2. The van der Waals surface area contributed by atoms with Crippen LogP contribution in [0.25, 0.3) is 10.9 Å². The smallest absolute Gasteiger partial charge is 0.244 e. The summed E-state index contributed by atoms with van der Waals surface area (Å²) in [5, 5.41) is 6.62. The van der Waals surface area contributed by atoms with Crippen LogP contribution in [0.5, 0.6) is 5.75 Å². The van der Waals surface area contributed by atoms with Crippen LogP contribution in [0.3, 0.4) is 0 Å². The fourth-order valence-electron chi connectivity index (χ4n) is 3.37. The Morgan fingerprint density at radius 3 is 2.42 bits per heavy atom. The lowest BCUT2D eigenvalue weighted by molar-refractivity contribution is -0.116. The van der Waals surface area contributed by atoms with Gasteiger partial charge in [-0.3, -0.25) is 9.59 Å². The molecule has 0 unspecified atom stereocenters. The Morgan fingerprint density at radius 2 is 1.65 bits per heavy atom. The van der Waals surface area contributed by atoms with E-state index >= 15 is 0 Å². The molecule has 1 aromatic heterocycles. The maximum atomic E-state index is 12.6. The number of hydrogen-bond acceptors (Lipinski definition) is 3. The first-order valence-corrected chi connectivity index (χ1v) is 10.00. The zero-order chi connectivity index (χ0) is 21.6. The molecule has 6 heteroatoms. The van der Waals surface area contributed by atoms with Gasteiger partial charge in [0.25, 0.3) is 0 Å². The molecular weight excluding hydrogens is 390 g/mol. The average Bonchev–Trinajstić information content (AvgIpc) is 3.14. The number of carbonyl (C=O) groups excluding carboxylic acids is 2. The maximum Gasteiger partial charge on any atom is 0.244 e. The van der Waals surface area contributed by atoms with Gasteiger partial charge in [-0.05, 0) is 47.3 Å². The van der Waals surface area contributed by atoms with Crippen LogP contribution >= 0.6 is 0 Å². The van der Waals surface area contributed by atoms with Crippen LogP contribution in [-0.2, 0) is 22.7 Å². The van der Waals surface area contributed by atoms with Crippen LogP contribution in [0, 0.1) is 0 Å². The summed E-state index contributed by atoms with van der Waals surface area (Å²) in [5.41, 5.74) is 3.28. The highest BCUT2D eigenvalue weighted by Crippen LogP contribution is 2.23. The van der Waals surface area contributed by atoms with Gasteiger partial charge in [0, 0.05) is 30.6 Å². The Hall–Kier alpha value is -4.06. The molecule has 0 aliphatic carbocycles. The third kappa shape index (κ3) is 5.30. The molecule has 31 heavy (non-hydrogen) atoms. The van der Waals surface area contributed by atoms with Crippen LogP contribution in [0.1, 0.15) is 12.5 Å². The van der Waals surface area contributed by atoms with Gasteiger partial charge in [-0.25, -0.2) is 0 Å². The second kappa shape index (κ2) is 9.17. The summed E-state index contributed by atoms with van der Waals surface area (Å²) in [6.45, 7) is 2.09. The number of ether oxygens (including phenoxy) is 1. The van der Waals surface area contributed by atoms with Crippen molar-refractivity contribution < 1.29 is 14.3 Å². The number of nitrogens with one attached hydrogen (secondary N) is 2. The van der Waals surface area contributed by atoms with Crippen molar-refractivity contribution in [2.75, 3.05) is 10.6 Å². The first-order valence-electron chi connectivity index (χ1n) is 10.00. The lowest BCUT2D eigenvalue weighted by atomic mass is 10.2. The lowest BCUT2D eigenvalue weighted by Gasteiger charge is -2.10. The standard InChI is InChI=1S/C25H23N3O3/c1-18(29)26-21-8-5-9-22(14-21)27-25(30)16-28-13-12-20-10-11-23(15-24(20)28)31-17-19-6-3-2-4-7-19/h2-15H,16-17H2,1H3,(H,26,29)(H,27,30). The molecule has 0 spiro atoms. The summed E-state index contributed by atoms with van der Waals surface area (Å²) in [6.07, 6.45) is 1.89. The second-order valence-electron chi connectivity index (χ2n) is 7.25. The molecule has 0 fully saturated rings. The molecule has 0 saturated carbocycles. The Kier molecular flexibility index (Phi) is 5.98. The molecule has 4 rings (SSSR count). The van der Waals surface area contributed by atoms with E-state index in [9.17, 15) is 9.59 Å². The molecule has 0 saturated heterocycles. The van der Waals surface area contributed by atoms with E-state index in [2.05, 4.69) is 10.6 Å². The van der Waals surface area contributed by atoms with Crippen LogP contribution in [-0.4, -0.2) is 16.4 Å². The number of anilines is 2. The fourth-order valence-corrected chi connectivity index (χ4v) is 3.37. The number of amides is 2. The van der Waals surface area contributed by atoms with E-state index in [1.54, 1.807) is 24.3 Å². The van der Waals surface area contributed by atoms with E-state index in [1.165, 1.54) is 6.92 Å². The molecule has 0 aliphatic rings. The highest BCUT2D eigenvalue weighted by Gasteiger charge is 2.09. The van der Waals surface area contributed by atoms with Gasteiger partial charge >= 0.3 is 0 Å². The summed E-state index contributed by atoms with van der Waals surface area (Å²) in [7, 11) is 0. The van der Waals surface area contributed by atoms with Crippen LogP contribution < -0.4 is 15.4 Å². The highest BCUT2D eigenvalue weighted by atomic mass is 16.5. The molecule has 3 aromatic carbocycles. The lowest BCUT2D eigenvalue weighted by Crippen LogP contribution is -2.18. The van der Waals surface area contributed by atoms with Gasteiger partial charge in [-0.1, -0.05) is 36.4 Å². The second-order valence-corrected chi connectivity index (χ2v) is 7.25. The molecule has 4 aromatic rings. The topological polar surface area (TPSA) is 72.4 Å². The Balaban J connectivity index is 1.44. The van der Waals surface area contributed by atoms with Gasteiger partial charge in [0.05, 0.1) is 5.52 Å². The molecule has 0 atom stereocenters. The van der Waals surface area contributed by atoms with E-state index in [-0.39, 0.29) is 18.4 Å². The van der Waals surface area contributed by atoms with Gasteiger partial charge in [-0.2, -0.15) is 0 Å². The van der Waals surface area contributed by atoms with Gasteiger partial charge < -0.3 is 19.9 Å². The van der Waals surface area contributed by atoms with E-state index in [0.29, 0.717) is 18.0 Å². The van der Waals surface area contributed by atoms with E-state index in [4.69, 9.17) is 4.74 Å². The number of fused-ring (bicyclic) bond motifs is 1. The molecule has 0 aliphatic heterocycles. The van der Waals surface area contributed by atoms with Crippen LogP contribution in [0.4, 0.5) is 11.4 Å². The van der Waals surface area contributed by atoms with Crippen molar-refractivity contribution in [1.82, 2.24) is 4.57 Å². The van der Waals surface area contributed by atoms with Gasteiger partial charge in [0.15, 0.2) is 0 Å². The van der Waals surface area contributed by atoms with Crippen molar-refractivity contribution >= 4 is 34.1 Å². The quantitative estimate of drug-likeness (QED) is 0.456. The summed E-state index contributed by atoms with van der Waals surface area (Å²) >= 11 is 0. The fraction of sp³-hybridized carbons (Fsp3) is 0.120. The summed E-state index contributed by atoms with van der Waals surface area (Å²) in [5.74, 6) is 0.431. The SMILES string of the molecule is CC(=O)Nc1cccc(NC(=O)Cn2ccc3ccc(OCc4ccccc4)cc32)c1. The largest absolute Gasteiger partial charge is 0.489 e. The van der Waals surface area contributed by atoms with Gasteiger partial charge in [-0.15, -0.1) is 0 Å². The number of nitrogens with zero attached hydrogens (tertiary/aromatic N) is 1. The first kappa shape index (κ1) is 20.2. The summed E-state index contributed by atoms with van der Waals surface area (Å²) < 4.78 is 7.81. The number of rotatable bonds is 7. The van der Waals surface area contributed by atoms with E-state index < -0.39 is 0 Å².